The van der Waals surface area contributed by atoms with Crippen LogP contribution in [-0.4, -0.2) is 61.4 Å². The number of carbonyl (C=O) groups is 4. The van der Waals surface area contributed by atoms with Crippen molar-refractivity contribution in [3.8, 4) is 11.5 Å². The number of hydrazine groups is 1. The van der Waals surface area contributed by atoms with Gasteiger partial charge in [-0.05, 0) is 60.2 Å². The molecule has 0 heterocycles. The largest absolute Gasteiger partial charge is 0.493 e. The Kier molecular flexibility index (Phi) is 14.9. The number of ether oxygens (including phenoxy) is 2. The zero-order valence-electron chi connectivity index (χ0n) is 31.1. The van der Waals surface area contributed by atoms with Gasteiger partial charge in [-0.25, -0.2) is 5.43 Å². The van der Waals surface area contributed by atoms with Crippen molar-refractivity contribution in [1.29, 1.82) is 0 Å². The van der Waals surface area contributed by atoms with Gasteiger partial charge in [-0.1, -0.05) is 74.5 Å². The fraction of sp³-hybridized carbons (Fsp3) is 0.350. The molecule has 0 aliphatic rings. The van der Waals surface area contributed by atoms with E-state index in [1.54, 1.807) is 19.1 Å². The van der Waals surface area contributed by atoms with Crippen LogP contribution < -0.4 is 36.3 Å². The minimum Gasteiger partial charge on any atom is -0.493 e. The van der Waals surface area contributed by atoms with Crippen molar-refractivity contribution in [2.75, 3.05) is 20.8 Å². The number of fused-ring (bicyclic) bond motifs is 1. The van der Waals surface area contributed by atoms with Gasteiger partial charge in [0.05, 0.1) is 36.3 Å². The second-order valence-electron chi connectivity index (χ2n) is 13.3. The minimum absolute atomic E-state index is 0.00696. The van der Waals surface area contributed by atoms with Crippen LogP contribution in [0.1, 0.15) is 67.6 Å². The summed E-state index contributed by atoms with van der Waals surface area (Å²) in [6.07, 6.45) is 1.06. The second kappa shape index (κ2) is 19.7. The predicted octanol–water partition coefficient (Wildman–Crippen LogP) is 4.92. The molecule has 14 heteroatoms. The number of methoxy groups -OCH3 is 1. The quantitative estimate of drug-likeness (QED) is 0.0505. The number of nitrogens with zero attached hydrogens (tertiary/aromatic N) is 1. The molecule has 4 aromatic carbocycles. The normalized spacial score (nSPS) is 12.6. The maximum absolute atomic E-state index is 13.9. The van der Waals surface area contributed by atoms with Crippen LogP contribution in [0, 0.1) is 16.0 Å². The average molecular weight is 741 g/mol. The van der Waals surface area contributed by atoms with Crippen molar-refractivity contribution < 1.29 is 33.6 Å². The molecule has 0 fully saturated rings. The Morgan fingerprint density at radius 2 is 1.52 bits per heavy atom. The van der Waals surface area contributed by atoms with Gasteiger partial charge in [0.25, 0.3) is 17.5 Å². The van der Waals surface area contributed by atoms with E-state index < -0.39 is 40.8 Å². The average Bonchev–Trinajstić information content (AvgIpc) is 3.17. The number of benzene rings is 4. The van der Waals surface area contributed by atoms with Gasteiger partial charge in [-0.3, -0.25) is 34.7 Å². The molecular weight excluding hydrogens is 692 g/mol. The van der Waals surface area contributed by atoms with Crippen LogP contribution in [0.5, 0.6) is 11.5 Å². The number of hydrogen-bond donors (Lipinski definition) is 5. The highest BCUT2D eigenvalue weighted by Gasteiger charge is 2.29. The van der Waals surface area contributed by atoms with Gasteiger partial charge in [-0.15, -0.1) is 0 Å². The van der Waals surface area contributed by atoms with Gasteiger partial charge in [0, 0.05) is 25.5 Å². The van der Waals surface area contributed by atoms with Crippen molar-refractivity contribution in [1.82, 2.24) is 26.8 Å². The van der Waals surface area contributed by atoms with E-state index in [4.69, 9.17) is 9.47 Å². The first-order valence-corrected chi connectivity index (χ1v) is 17.8. The van der Waals surface area contributed by atoms with E-state index in [1.807, 2.05) is 74.5 Å². The lowest BCUT2D eigenvalue weighted by atomic mass is 10.0. The molecule has 3 atom stereocenters. The summed E-state index contributed by atoms with van der Waals surface area (Å²) < 4.78 is 11.2. The Hall–Kier alpha value is -6.02. The predicted molar refractivity (Wildman–Crippen MR) is 205 cm³/mol. The van der Waals surface area contributed by atoms with E-state index in [0.717, 1.165) is 16.3 Å². The Bertz CT molecular complexity index is 1940. The van der Waals surface area contributed by atoms with E-state index in [-0.39, 0.29) is 60.4 Å². The van der Waals surface area contributed by atoms with Gasteiger partial charge < -0.3 is 25.4 Å². The lowest BCUT2D eigenvalue weighted by Gasteiger charge is -2.25. The van der Waals surface area contributed by atoms with Gasteiger partial charge in [0.15, 0.2) is 11.5 Å². The smallest absolute Gasteiger partial charge is 0.278 e. The summed E-state index contributed by atoms with van der Waals surface area (Å²) in [7, 11) is 2.93. The zero-order chi connectivity index (χ0) is 39.2. The van der Waals surface area contributed by atoms with Crippen LogP contribution in [0.2, 0.25) is 0 Å². The summed E-state index contributed by atoms with van der Waals surface area (Å²) in [6.45, 7) is 5.57. The molecule has 4 aromatic rings. The molecule has 0 spiro atoms. The van der Waals surface area contributed by atoms with Crippen LogP contribution >= 0.6 is 0 Å². The van der Waals surface area contributed by atoms with Crippen molar-refractivity contribution in [3.63, 3.8) is 0 Å². The number of rotatable bonds is 19. The summed E-state index contributed by atoms with van der Waals surface area (Å²) in [6, 6.07) is 22.1. The molecule has 5 N–H and O–H groups in total. The first-order valence-electron chi connectivity index (χ1n) is 17.8. The standard InChI is InChI=1S/C40H48N6O8/c1-25(2)20-32(40(50)45-44-26(3)31-23-35(53-5)36(24-34(31)46(51)52)54-19-11-16-37(47)41-4)43-39(49)33(21-27-12-7-6-8-13-27)42-38(48)30-18-17-28-14-9-10-15-29(28)22-30/h6-10,12-15,17-18,22-26,32-33,44H,11,16,19-21H2,1-5H3,(H,41,47)(H,42,48)(H,43,49)(H,45,50)/t26?,32-,33-/m0/s1. The van der Waals surface area contributed by atoms with Crippen molar-refractivity contribution in [2.24, 2.45) is 5.92 Å². The van der Waals surface area contributed by atoms with Crippen LogP contribution in [0.4, 0.5) is 5.69 Å². The van der Waals surface area contributed by atoms with Crippen molar-refractivity contribution >= 4 is 40.1 Å². The lowest BCUT2D eigenvalue weighted by Crippen LogP contribution is -2.56. The zero-order valence-corrected chi connectivity index (χ0v) is 31.1. The summed E-state index contributed by atoms with van der Waals surface area (Å²) in [5, 5.41) is 22.2. The number of carbonyl (C=O) groups excluding carboxylic acids is 4. The molecule has 0 aliphatic carbocycles. The van der Waals surface area contributed by atoms with E-state index in [0.29, 0.717) is 12.0 Å². The molecule has 0 saturated heterocycles. The molecule has 4 amide bonds. The van der Waals surface area contributed by atoms with Crippen molar-refractivity contribution in [2.45, 2.75) is 64.6 Å². The molecule has 0 aromatic heterocycles. The molecular formula is C40H48N6O8. The van der Waals surface area contributed by atoms with Crippen LogP contribution in [0.25, 0.3) is 10.8 Å². The number of nitro groups is 1. The highest BCUT2D eigenvalue weighted by atomic mass is 16.6. The molecule has 0 saturated carbocycles. The summed E-state index contributed by atoms with van der Waals surface area (Å²) in [5.41, 5.74) is 6.59. The SMILES string of the molecule is CNC(=O)CCCOc1cc([N+](=O)[O-])c(C(C)NNC(=O)[C@H](CC(C)C)NC(=O)[C@H](Cc2ccccc2)NC(=O)c2ccc3ccccc3c2)cc1OC. The third kappa shape index (κ3) is 11.5. The molecule has 0 aliphatic heterocycles. The Morgan fingerprint density at radius 1 is 0.815 bits per heavy atom. The highest BCUT2D eigenvalue weighted by molar-refractivity contribution is 6.01. The fourth-order valence-electron chi connectivity index (χ4n) is 5.83. The molecule has 0 bridgehead atoms. The van der Waals surface area contributed by atoms with Crippen molar-refractivity contribution in [3.05, 3.63) is 112 Å². The van der Waals surface area contributed by atoms with Gasteiger partial charge in [0.2, 0.25) is 11.8 Å². The summed E-state index contributed by atoms with van der Waals surface area (Å²) in [5.74, 6) is -1.35. The first-order chi connectivity index (χ1) is 25.9. The van der Waals surface area contributed by atoms with E-state index in [9.17, 15) is 29.3 Å². The van der Waals surface area contributed by atoms with E-state index in [1.165, 1.54) is 26.3 Å². The Balaban J connectivity index is 1.48. The minimum atomic E-state index is -1.01. The van der Waals surface area contributed by atoms with Crippen LogP contribution in [0.15, 0.2) is 84.9 Å². The van der Waals surface area contributed by atoms with Crippen LogP contribution in [0.3, 0.4) is 0 Å². The lowest BCUT2D eigenvalue weighted by molar-refractivity contribution is -0.385. The molecule has 14 nitrogen and oxygen atoms in total. The number of nitrogens with one attached hydrogen (secondary N) is 5. The fourth-order valence-corrected chi connectivity index (χ4v) is 5.83. The molecule has 1 unspecified atom stereocenters. The Labute approximate surface area is 314 Å². The van der Waals surface area contributed by atoms with Gasteiger partial charge >= 0.3 is 0 Å². The second-order valence-corrected chi connectivity index (χ2v) is 13.3. The number of nitro benzene ring substituents is 1. The number of hydrogen-bond acceptors (Lipinski definition) is 9. The Morgan fingerprint density at radius 3 is 2.19 bits per heavy atom. The van der Waals surface area contributed by atoms with Gasteiger partial charge in [0.1, 0.15) is 12.1 Å². The van der Waals surface area contributed by atoms with E-state index in [2.05, 4.69) is 26.8 Å². The highest BCUT2D eigenvalue weighted by Crippen LogP contribution is 2.37. The number of amides is 4. The van der Waals surface area contributed by atoms with E-state index >= 15 is 0 Å². The topological polar surface area (TPSA) is 190 Å². The molecule has 4 rings (SSSR count). The summed E-state index contributed by atoms with van der Waals surface area (Å²) in [4.78, 5) is 64.1. The molecule has 54 heavy (non-hydrogen) atoms. The first kappa shape index (κ1) is 40.7. The maximum atomic E-state index is 13.9. The molecule has 0 radical (unpaired) electrons. The van der Waals surface area contributed by atoms with Crippen LogP contribution in [-0.2, 0) is 20.8 Å². The maximum Gasteiger partial charge on any atom is 0.278 e. The third-order valence-electron chi connectivity index (χ3n) is 8.73. The third-order valence-corrected chi connectivity index (χ3v) is 8.73. The summed E-state index contributed by atoms with van der Waals surface area (Å²) >= 11 is 0. The molecule has 286 valence electrons. The van der Waals surface area contributed by atoms with Gasteiger partial charge in [-0.2, -0.15) is 0 Å². The monoisotopic (exact) mass is 740 g/mol.